The number of benzene rings is 1. The molecule has 6 nitrogen and oxygen atoms in total. The first-order chi connectivity index (χ1) is 11.1. The average molecular weight is 422 g/mol. The molecule has 124 valence electrons. The first kappa shape index (κ1) is 18.0. The highest BCUT2D eigenvalue weighted by Gasteiger charge is 2.17. The molecule has 0 radical (unpaired) electrons. The molecule has 2 aromatic rings. The Hall–Kier alpha value is -1.38. The lowest BCUT2D eigenvalue weighted by atomic mass is 10.2. The zero-order valence-corrected chi connectivity index (χ0v) is 15.6. The molecule has 0 saturated heterocycles. The van der Waals surface area contributed by atoms with Crippen molar-refractivity contribution in [1.29, 1.82) is 0 Å². The van der Waals surface area contributed by atoms with Gasteiger partial charge in [0.15, 0.2) is 11.5 Å². The van der Waals surface area contributed by atoms with Gasteiger partial charge in [-0.2, -0.15) is 0 Å². The van der Waals surface area contributed by atoms with Crippen molar-refractivity contribution in [3.8, 4) is 11.5 Å². The van der Waals surface area contributed by atoms with E-state index in [1.165, 1.54) is 7.11 Å². The standard InChI is InChI=1S/C14H14BrClN2O4S/c1-3-4-21-12-9(15)5-8(6-11(12)20-2)14(19)22-7-10-13(16)23-18-17-10/h5-6H,3-4,7H2,1-2H3. The molecule has 1 heterocycles. The lowest BCUT2D eigenvalue weighted by Gasteiger charge is -2.13. The SMILES string of the molecule is CCCOc1c(Br)cc(C(=O)OCc2nnsc2Cl)cc1OC. The van der Waals surface area contributed by atoms with Crippen LogP contribution in [0.4, 0.5) is 0 Å². The van der Waals surface area contributed by atoms with Crippen molar-refractivity contribution in [1.82, 2.24) is 9.59 Å². The van der Waals surface area contributed by atoms with Crippen LogP contribution in [0.25, 0.3) is 0 Å². The molecule has 0 N–H and O–H groups in total. The number of aromatic nitrogens is 2. The van der Waals surface area contributed by atoms with Gasteiger partial charge in [0.1, 0.15) is 16.6 Å². The number of esters is 1. The van der Waals surface area contributed by atoms with Crippen molar-refractivity contribution >= 4 is 45.0 Å². The van der Waals surface area contributed by atoms with Crippen molar-refractivity contribution in [2.45, 2.75) is 20.0 Å². The highest BCUT2D eigenvalue weighted by atomic mass is 79.9. The third-order valence-corrected chi connectivity index (χ3v) is 4.34. The maximum absolute atomic E-state index is 12.2. The summed E-state index contributed by atoms with van der Waals surface area (Å²) in [6.45, 7) is 2.51. The summed E-state index contributed by atoms with van der Waals surface area (Å²) in [5.41, 5.74) is 0.760. The van der Waals surface area contributed by atoms with Crippen LogP contribution < -0.4 is 9.47 Å². The first-order valence-corrected chi connectivity index (χ1v) is 8.65. The van der Waals surface area contributed by atoms with E-state index in [0.717, 1.165) is 18.0 Å². The summed E-state index contributed by atoms with van der Waals surface area (Å²) >= 11 is 10.3. The predicted molar refractivity (Wildman–Crippen MR) is 90.5 cm³/mol. The lowest BCUT2D eigenvalue weighted by Crippen LogP contribution is -2.07. The third kappa shape index (κ3) is 4.55. The molecule has 9 heteroatoms. The Morgan fingerprint density at radius 3 is 2.83 bits per heavy atom. The molecular formula is C14H14BrClN2O4S. The molecule has 0 atom stereocenters. The van der Waals surface area contributed by atoms with Crippen LogP contribution in [0.2, 0.25) is 4.34 Å². The molecule has 2 rings (SSSR count). The number of ether oxygens (including phenoxy) is 3. The number of rotatable bonds is 7. The molecular weight excluding hydrogens is 408 g/mol. The number of hydrogen-bond donors (Lipinski definition) is 0. The van der Waals surface area contributed by atoms with E-state index < -0.39 is 5.97 Å². The zero-order chi connectivity index (χ0) is 16.8. The molecule has 0 aliphatic heterocycles. The largest absolute Gasteiger partial charge is 0.493 e. The fourth-order valence-corrected chi connectivity index (χ4v) is 2.84. The van der Waals surface area contributed by atoms with Crippen LogP contribution in [-0.2, 0) is 11.3 Å². The minimum atomic E-state index is -0.518. The molecule has 0 aliphatic carbocycles. The van der Waals surface area contributed by atoms with Crippen LogP contribution in [0, 0.1) is 0 Å². The van der Waals surface area contributed by atoms with E-state index in [1.807, 2.05) is 6.92 Å². The second-order valence-corrected chi connectivity index (χ2v) is 6.62. The summed E-state index contributed by atoms with van der Waals surface area (Å²) in [4.78, 5) is 12.2. The smallest absolute Gasteiger partial charge is 0.338 e. The van der Waals surface area contributed by atoms with E-state index in [9.17, 15) is 4.79 Å². The number of halogens is 2. The fourth-order valence-electron chi connectivity index (χ4n) is 1.68. The Labute approximate surface area is 151 Å². The zero-order valence-electron chi connectivity index (χ0n) is 12.5. The molecule has 23 heavy (non-hydrogen) atoms. The molecule has 0 amide bonds. The Kier molecular flexibility index (Phi) is 6.61. The summed E-state index contributed by atoms with van der Waals surface area (Å²) in [6, 6.07) is 3.19. The van der Waals surface area contributed by atoms with Gasteiger partial charge in [-0.05, 0) is 34.5 Å². The summed E-state index contributed by atoms with van der Waals surface area (Å²) in [6.07, 6.45) is 0.863. The number of methoxy groups -OCH3 is 1. The van der Waals surface area contributed by atoms with Crippen LogP contribution in [0.15, 0.2) is 16.6 Å². The van der Waals surface area contributed by atoms with Crippen LogP contribution in [0.1, 0.15) is 29.4 Å². The number of nitrogens with zero attached hydrogens (tertiary/aromatic N) is 2. The van der Waals surface area contributed by atoms with Crippen molar-refractivity contribution in [3.05, 3.63) is 32.2 Å². The molecule has 0 bridgehead atoms. The average Bonchev–Trinajstić information content (AvgIpc) is 2.95. The van der Waals surface area contributed by atoms with E-state index in [4.69, 9.17) is 25.8 Å². The van der Waals surface area contributed by atoms with Gasteiger partial charge in [-0.15, -0.1) is 5.10 Å². The molecule has 1 aromatic carbocycles. The van der Waals surface area contributed by atoms with Gasteiger partial charge in [0.05, 0.1) is 23.8 Å². The Morgan fingerprint density at radius 1 is 1.43 bits per heavy atom. The summed E-state index contributed by atoms with van der Waals surface area (Å²) < 4.78 is 20.8. The Bertz CT molecular complexity index is 695. The molecule has 0 aliphatic rings. The van der Waals surface area contributed by atoms with Gasteiger partial charge in [0, 0.05) is 11.5 Å². The summed E-state index contributed by atoms with van der Waals surface area (Å²) in [5, 5.41) is 3.79. The van der Waals surface area contributed by atoms with Gasteiger partial charge in [0.25, 0.3) is 0 Å². The summed E-state index contributed by atoms with van der Waals surface area (Å²) in [5.74, 6) is 0.487. The highest BCUT2D eigenvalue weighted by Crippen LogP contribution is 2.37. The van der Waals surface area contributed by atoms with Crippen molar-refractivity contribution in [2.24, 2.45) is 0 Å². The van der Waals surface area contributed by atoms with Gasteiger partial charge in [-0.1, -0.05) is 23.0 Å². The van der Waals surface area contributed by atoms with Crippen molar-refractivity contribution in [3.63, 3.8) is 0 Å². The minimum Gasteiger partial charge on any atom is -0.493 e. The van der Waals surface area contributed by atoms with Crippen LogP contribution >= 0.6 is 39.1 Å². The monoisotopic (exact) mass is 420 g/mol. The molecule has 0 unspecified atom stereocenters. The quantitative estimate of drug-likeness (QED) is 0.627. The lowest BCUT2D eigenvalue weighted by molar-refractivity contribution is 0.0467. The number of hydrogen-bond acceptors (Lipinski definition) is 7. The van der Waals surface area contributed by atoms with E-state index in [0.29, 0.717) is 38.2 Å². The van der Waals surface area contributed by atoms with Crippen LogP contribution in [0.5, 0.6) is 11.5 Å². The third-order valence-electron chi connectivity index (χ3n) is 2.77. The molecule has 1 aromatic heterocycles. The second-order valence-electron chi connectivity index (χ2n) is 4.41. The van der Waals surface area contributed by atoms with E-state index in [2.05, 4.69) is 25.5 Å². The topological polar surface area (TPSA) is 70.5 Å². The second kappa shape index (κ2) is 8.47. The predicted octanol–water partition coefficient (Wildman–Crippen LogP) is 4.11. The minimum absolute atomic E-state index is 0.0395. The first-order valence-electron chi connectivity index (χ1n) is 6.71. The molecule has 0 saturated carbocycles. The van der Waals surface area contributed by atoms with Crippen molar-refractivity contribution in [2.75, 3.05) is 13.7 Å². The highest BCUT2D eigenvalue weighted by molar-refractivity contribution is 9.10. The van der Waals surface area contributed by atoms with Gasteiger partial charge >= 0.3 is 5.97 Å². The van der Waals surface area contributed by atoms with Gasteiger partial charge in [0.2, 0.25) is 0 Å². The van der Waals surface area contributed by atoms with Crippen molar-refractivity contribution < 1.29 is 19.0 Å². The van der Waals surface area contributed by atoms with Crippen LogP contribution in [-0.4, -0.2) is 29.3 Å². The maximum atomic E-state index is 12.2. The number of carbonyl (C=O) groups is 1. The maximum Gasteiger partial charge on any atom is 0.338 e. The fraction of sp³-hybridized carbons (Fsp3) is 0.357. The summed E-state index contributed by atoms with van der Waals surface area (Å²) in [7, 11) is 1.51. The van der Waals surface area contributed by atoms with Gasteiger partial charge in [-0.25, -0.2) is 4.79 Å². The van der Waals surface area contributed by atoms with E-state index >= 15 is 0 Å². The Morgan fingerprint density at radius 2 is 2.22 bits per heavy atom. The normalized spacial score (nSPS) is 10.4. The molecule has 0 fully saturated rings. The van der Waals surface area contributed by atoms with Gasteiger partial charge < -0.3 is 14.2 Å². The van der Waals surface area contributed by atoms with Gasteiger partial charge in [-0.3, -0.25) is 0 Å². The number of carbonyl (C=O) groups excluding carboxylic acids is 1. The van der Waals surface area contributed by atoms with E-state index in [-0.39, 0.29) is 6.61 Å². The van der Waals surface area contributed by atoms with E-state index in [1.54, 1.807) is 12.1 Å². The molecule has 0 spiro atoms. The Balaban J connectivity index is 2.14. The van der Waals surface area contributed by atoms with Crippen LogP contribution in [0.3, 0.4) is 0 Å².